The molecule has 4 aliphatic rings. The van der Waals surface area contributed by atoms with Crippen molar-refractivity contribution in [2.45, 2.75) is 76.2 Å². The SMILES string of the molecule is CC.CC(=O)Nc1ccc(Nc2cc(C)c(N)c3c2C(=O)c2ccccc2C3=O)cc1.CNc1ccc(Nc2ccc(C)cc2C)c2c1C(=O)c1ccccc1C2=O.Cc1cc(C)c(Nc2cc(C)c(N)c3c2C(=O)c2ccccc2C3=O)c(C)c1.Cc1cc(Nc2ccccc2)c2c(c1N)C(=O)c1ccccc1C2=O. The van der Waals surface area contributed by atoms with E-state index in [1.165, 1.54) is 18.1 Å². The highest BCUT2D eigenvalue weighted by molar-refractivity contribution is 6.35. The van der Waals surface area contributed by atoms with Gasteiger partial charge in [-0.3, -0.25) is 43.2 Å². The van der Waals surface area contributed by atoms with Crippen LogP contribution in [0.1, 0.15) is 193 Å². The molecule has 12 aromatic rings. The van der Waals surface area contributed by atoms with Crippen LogP contribution >= 0.6 is 0 Å². The van der Waals surface area contributed by atoms with Crippen LogP contribution < -0.4 is 49.1 Å². The van der Waals surface area contributed by atoms with Gasteiger partial charge in [0.05, 0.1) is 67.3 Å². The molecule has 0 fully saturated rings. The van der Waals surface area contributed by atoms with Gasteiger partial charge in [-0.05, 0) is 162 Å². The van der Waals surface area contributed by atoms with Gasteiger partial charge < -0.3 is 49.1 Å². The molecule has 0 heterocycles. The van der Waals surface area contributed by atoms with Gasteiger partial charge >= 0.3 is 0 Å². The quantitative estimate of drug-likeness (QED) is 0.0575. The summed E-state index contributed by atoms with van der Waals surface area (Å²) < 4.78 is 0. The molecule has 16 rings (SSSR count). The molecule has 0 aromatic heterocycles. The summed E-state index contributed by atoms with van der Waals surface area (Å²) in [5.74, 6) is -1.68. The molecule has 0 radical (unpaired) electrons. The standard InChI is InChI=1S/C24H22N2O2.C23H19N3O3.C23H20N2O2.C21H16N2O2.C2H6/c1-12-9-14(3)22(15(4)10-12)26-18-11-13(2)21(25)20-19(18)23(27)16-7-5-6-8-17(16)24(20)28;1-12-11-18(26-15-9-7-14(8-10-15)25-13(2)27)19-20(21(12)24)23(29)17-6-4-3-5-16(17)22(19)28;1-13-8-9-17(14(2)12-13)25-19-11-10-18(24-3)20-21(19)23(27)16-7-5-4-6-15(16)22(20)26;1-12-11-16(23-13-7-3-2-4-8-13)17-18(19(12)22)21(25)15-10-6-5-9-14(15)20(17)24;1-2/h5-11,26H,25H2,1-4H3;3-11,26H,24H2,1-2H3,(H,25,27);4-12,24-25H,1-3H3;2-11,23H,22H2,1H3;1-2H3. The van der Waals surface area contributed by atoms with E-state index in [1.807, 2.05) is 122 Å². The molecule has 0 saturated carbocycles. The summed E-state index contributed by atoms with van der Waals surface area (Å²) in [5, 5.41) is 19.0. The second-order valence-electron chi connectivity index (χ2n) is 27.4. The van der Waals surface area contributed by atoms with E-state index in [4.69, 9.17) is 17.2 Å². The van der Waals surface area contributed by atoms with Gasteiger partial charge in [-0.2, -0.15) is 0 Å². The van der Waals surface area contributed by atoms with Crippen LogP contribution in [0.4, 0.5) is 73.9 Å². The minimum Gasteiger partial charge on any atom is -0.398 e. The zero-order valence-corrected chi connectivity index (χ0v) is 63.6. The van der Waals surface area contributed by atoms with Gasteiger partial charge in [-0.15, -0.1) is 0 Å². The summed E-state index contributed by atoms with van der Waals surface area (Å²) in [6.45, 7) is 21.1. The second-order valence-corrected chi connectivity index (χ2v) is 27.4. The van der Waals surface area contributed by atoms with Crippen molar-refractivity contribution in [3.8, 4) is 0 Å². The Kier molecular flexibility index (Phi) is 21.9. The van der Waals surface area contributed by atoms with Crippen LogP contribution in [0.5, 0.6) is 0 Å². The minimum atomic E-state index is -0.250. The molecule has 554 valence electrons. The molecule has 0 bridgehead atoms. The van der Waals surface area contributed by atoms with Crippen LogP contribution in [0.3, 0.4) is 0 Å². The van der Waals surface area contributed by atoms with Crippen molar-refractivity contribution in [1.82, 2.24) is 0 Å². The third-order valence-electron chi connectivity index (χ3n) is 19.8. The largest absolute Gasteiger partial charge is 0.398 e. The van der Waals surface area contributed by atoms with E-state index < -0.39 is 0 Å². The fraction of sp³-hybridized carbons (Fsp3) is 0.129. The first-order valence-electron chi connectivity index (χ1n) is 36.3. The average Bonchev–Trinajstić information content (AvgIpc) is 0.754. The van der Waals surface area contributed by atoms with Gasteiger partial charge in [-0.25, -0.2) is 0 Å². The van der Waals surface area contributed by atoms with Gasteiger partial charge in [0.2, 0.25) is 5.91 Å². The maximum atomic E-state index is 13.3. The Morgan fingerprint density at radius 3 is 0.910 bits per heavy atom. The second kappa shape index (κ2) is 31.7. The third kappa shape index (κ3) is 14.7. The summed E-state index contributed by atoms with van der Waals surface area (Å²) in [4.78, 5) is 116. The molecule has 1 amide bonds. The average molecular weight is 1470 g/mol. The molecule has 4 aliphatic carbocycles. The lowest BCUT2D eigenvalue weighted by molar-refractivity contribution is -0.114. The van der Waals surface area contributed by atoms with Gasteiger partial charge in [0.25, 0.3) is 0 Å². The Balaban J connectivity index is 0.000000137. The summed E-state index contributed by atoms with van der Waals surface area (Å²) in [6, 6.07) is 63.6. The van der Waals surface area contributed by atoms with Crippen LogP contribution in [0, 0.1) is 55.4 Å². The molecule has 0 saturated heterocycles. The smallest absolute Gasteiger partial charge is 0.221 e. The van der Waals surface area contributed by atoms with E-state index in [-0.39, 0.29) is 63.3 Å². The van der Waals surface area contributed by atoms with Crippen molar-refractivity contribution in [1.29, 1.82) is 0 Å². The monoisotopic (exact) mass is 1470 g/mol. The third-order valence-corrected chi connectivity index (χ3v) is 19.8. The van der Waals surface area contributed by atoms with Crippen LogP contribution in [-0.2, 0) is 4.79 Å². The van der Waals surface area contributed by atoms with Gasteiger partial charge in [0.1, 0.15) is 0 Å². The molecular formula is C93H83N9O9. The van der Waals surface area contributed by atoms with Crippen molar-refractivity contribution in [3.05, 3.63) is 346 Å². The maximum Gasteiger partial charge on any atom is 0.221 e. The number of fused-ring (bicyclic) bond motifs is 8. The number of anilines is 13. The summed E-state index contributed by atoms with van der Waals surface area (Å²) >= 11 is 0. The number of nitrogens with two attached hydrogens (primary N) is 3. The van der Waals surface area contributed by atoms with E-state index in [1.54, 1.807) is 141 Å². The predicted octanol–water partition coefficient (Wildman–Crippen LogP) is 19.1. The van der Waals surface area contributed by atoms with Gasteiger partial charge in [0.15, 0.2) is 46.3 Å². The van der Waals surface area contributed by atoms with Crippen molar-refractivity contribution in [3.63, 3.8) is 0 Å². The van der Waals surface area contributed by atoms with Crippen LogP contribution in [0.2, 0.25) is 0 Å². The number of hydrogen-bond acceptors (Lipinski definition) is 17. The van der Waals surface area contributed by atoms with E-state index in [0.717, 1.165) is 44.9 Å². The number of nitrogens with one attached hydrogen (secondary N) is 6. The highest BCUT2D eigenvalue weighted by atomic mass is 16.2. The van der Waals surface area contributed by atoms with Crippen molar-refractivity contribution >= 4 is 126 Å². The topological polar surface area (TPSA) is 304 Å². The molecule has 0 spiro atoms. The summed E-state index contributed by atoms with van der Waals surface area (Å²) in [5.41, 5.74) is 40.6. The fourth-order valence-corrected chi connectivity index (χ4v) is 14.5. The Morgan fingerprint density at radius 1 is 0.270 bits per heavy atom. The number of amides is 1. The number of carbonyl (C=O) groups excluding carboxylic acids is 9. The molecule has 18 heteroatoms. The molecule has 12 aromatic carbocycles. The number of carbonyl (C=O) groups is 9. The Bertz CT molecular complexity index is 5900. The first kappa shape index (κ1) is 76.5. The molecule has 0 unspecified atom stereocenters. The summed E-state index contributed by atoms with van der Waals surface area (Å²) in [6.07, 6.45) is 0. The number of ketones is 8. The first-order chi connectivity index (χ1) is 53.2. The highest BCUT2D eigenvalue weighted by Crippen LogP contribution is 2.44. The maximum absolute atomic E-state index is 13.3. The number of nitrogen functional groups attached to an aromatic ring is 3. The predicted molar refractivity (Wildman–Crippen MR) is 444 cm³/mol. The highest BCUT2D eigenvalue weighted by Gasteiger charge is 2.39. The Hall–Kier alpha value is -14.1. The van der Waals surface area contributed by atoms with E-state index in [0.29, 0.717) is 140 Å². The number of rotatable bonds is 10. The van der Waals surface area contributed by atoms with Crippen molar-refractivity contribution in [2.75, 3.05) is 56.1 Å². The van der Waals surface area contributed by atoms with Crippen LogP contribution in [0.15, 0.2) is 212 Å². The number of aryl methyl sites for hydroxylation is 8. The van der Waals surface area contributed by atoms with Crippen molar-refractivity contribution < 1.29 is 43.2 Å². The lowest BCUT2D eigenvalue weighted by atomic mass is 9.81. The number of para-hydroxylation sites is 1. The summed E-state index contributed by atoms with van der Waals surface area (Å²) in [7, 11) is 1.76. The zero-order valence-electron chi connectivity index (χ0n) is 63.6. The molecule has 12 N–H and O–H groups in total. The molecule has 18 nitrogen and oxygen atoms in total. The number of hydrogen-bond donors (Lipinski definition) is 9. The lowest BCUT2D eigenvalue weighted by Crippen LogP contribution is -2.24. The molecular weight excluding hydrogens is 1390 g/mol. The normalized spacial score (nSPS) is 12.3. The first-order valence-corrected chi connectivity index (χ1v) is 36.3. The van der Waals surface area contributed by atoms with E-state index in [9.17, 15) is 43.2 Å². The van der Waals surface area contributed by atoms with Gasteiger partial charge in [-0.1, -0.05) is 165 Å². The van der Waals surface area contributed by atoms with Gasteiger partial charge in [0, 0.05) is 110 Å². The van der Waals surface area contributed by atoms with Crippen molar-refractivity contribution in [2.24, 2.45) is 0 Å². The van der Waals surface area contributed by atoms with E-state index in [2.05, 4.69) is 57.0 Å². The Labute approximate surface area is 643 Å². The fourth-order valence-electron chi connectivity index (χ4n) is 14.5. The van der Waals surface area contributed by atoms with Crippen LogP contribution in [0.25, 0.3) is 0 Å². The zero-order chi connectivity index (χ0) is 79.5. The lowest BCUT2D eigenvalue weighted by Gasteiger charge is -2.24. The Morgan fingerprint density at radius 2 is 0.559 bits per heavy atom. The minimum absolute atomic E-state index is 0.131. The van der Waals surface area contributed by atoms with Crippen LogP contribution in [-0.4, -0.2) is 59.2 Å². The molecule has 0 atom stereocenters. The molecule has 111 heavy (non-hydrogen) atoms. The molecule has 0 aliphatic heterocycles. The van der Waals surface area contributed by atoms with E-state index >= 15 is 0 Å². The number of benzene rings is 12.